The van der Waals surface area contributed by atoms with Crippen molar-refractivity contribution in [3.8, 4) is 5.75 Å². The van der Waals surface area contributed by atoms with Crippen LogP contribution in [0.4, 0.5) is 5.69 Å². The van der Waals surface area contributed by atoms with E-state index in [1.54, 1.807) is 7.11 Å². The minimum absolute atomic E-state index is 0.691. The second-order valence-corrected chi connectivity index (χ2v) is 4.50. The summed E-state index contributed by atoms with van der Waals surface area (Å²) in [5.41, 5.74) is 9.13. The number of aromatic nitrogens is 1. The Kier molecular flexibility index (Phi) is 2.06. The van der Waals surface area contributed by atoms with Crippen LogP contribution in [-0.2, 0) is 0 Å². The number of nitrogen functional groups attached to an aromatic ring is 1. The highest BCUT2D eigenvalue weighted by molar-refractivity contribution is 5.95. The van der Waals surface area contributed by atoms with Crippen LogP contribution in [0.5, 0.6) is 5.75 Å². The number of ether oxygens (including phenoxy) is 1. The van der Waals surface area contributed by atoms with E-state index in [-0.39, 0.29) is 0 Å². The van der Waals surface area contributed by atoms with Crippen LogP contribution in [0.15, 0.2) is 18.2 Å². The number of nitrogens with two attached hydrogens (primary N) is 1. The molecule has 3 nitrogen and oxygen atoms in total. The summed E-state index contributed by atoms with van der Waals surface area (Å²) < 4.78 is 5.34. The lowest BCUT2D eigenvalue weighted by Gasteiger charge is -2.23. The lowest BCUT2D eigenvalue weighted by Crippen LogP contribution is -2.08. The van der Waals surface area contributed by atoms with E-state index in [1.807, 2.05) is 12.1 Å². The first-order chi connectivity index (χ1) is 7.79. The van der Waals surface area contributed by atoms with Gasteiger partial charge in [-0.05, 0) is 37.0 Å². The van der Waals surface area contributed by atoms with Crippen molar-refractivity contribution in [2.75, 3.05) is 12.8 Å². The molecule has 3 rings (SSSR count). The largest absolute Gasteiger partial charge is 0.495 e. The Balaban J connectivity index is 2.17. The number of H-pyrrole nitrogens is 1. The second kappa shape index (κ2) is 3.44. The first-order valence-corrected chi connectivity index (χ1v) is 5.74. The van der Waals surface area contributed by atoms with Crippen molar-refractivity contribution in [1.82, 2.24) is 4.98 Å². The number of aromatic amines is 1. The van der Waals surface area contributed by atoms with E-state index in [0.29, 0.717) is 5.92 Å². The molecule has 1 aromatic carbocycles. The third-order valence-electron chi connectivity index (χ3n) is 3.58. The molecule has 3 N–H and O–H groups in total. The van der Waals surface area contributed by atoms with E-state index in [0.717, 1.165) is 22.3 Å². The van der Waals surface area contributed by atoms with E-state index in [1.165, 1.54) is 25.0 Å². The predicted molar refractivity (Wildman–Crippen MR) is 65.9 cm³/mol. The number of benzene rings is 1. The molecule has 0 spiro atoms. The zero-order valence-corrected chi connectivity index (χ0v) is 9.42. The van der Waals surface area contributed by atoms with Crippen molar-refractivity contribution in [2.45, 2.75) is 25.2 Å². The van der Waals surface area contributed by atoms with Gasteiger partial charge >= 0.3 is 0 Å². The highest BCUT2D eigenvalue weighted by atomic mass is 16.5. The number of anilines is 1. The molecule has 1 fully saturated rings. The fraction of sp³-hybridized carbons (Fsp3) is 0.385. The van der Waals surface area contributed by atoms with E-state index in [2.05, 4.69) is 11.1 Å². The topological polar surface area (TPSA) is 51.0 Å². The summed E-state index contributed by atoms with van der Waals surface area (Å²) in [4.78, 5) is 3.45. The average Bonchev–Trinajstić information content (AvgIpc) is 2.61. The lowest BCUT2D eigenvalue weighted by atomic mass is 9.83. The minimum atomic E-state index is 0.691. The number of rotatable bonds is 2. The third-order valence-corrected chi connectivity index (χ3v) is 3.58. The maximum atomic E-state index is 5.98. The van der Waals surface area contributed by atoms with Crippen LogP contribution in [0.3, 0.4) is 0 Å². The Bertz CT molecular complexity index is 526. The fourth-order valence-electron chi connectivity index (χ4n) is 2.35. The van der Waals surface area contributed by atoms with Gasteiger partial charge < -0.3 is 15.5 Å². The molecule has 84 valence electrons. The van der Waals surface area contributed by atoms with Crippen molar-refractivity contribution >= 4 is 16.6 Å². The number of fused-ring (bicyclic) bond motifs is 1. The summed E-state index contributed by atoms with van der Waals surface area (Å²) in [6.07, 6.45) is 3.91. The second-order valence-electron chi connectivity index (χ2n) is 4.50. The standard InChI is InChI=1S/C13H16N2O/c1-16-12-6-5-10(14)9-7-11(15-13(9)12)8-3-2-4-8/h5-8,15H,2-4,14H2,1H3. The molecule has 1 saturated carbocycles. The van der Waals surface area contributed by atoms with Crippen LogP contribution >= 0.6 is 0 Å². The van der Waals surface area contributed by atoms with Gasteiger partial charge in [0.25, 0.3) is 0 Å². The number of nitrogens with one attached hydrogen (secondary N) is 1. The molecule has 0 aliphatic heterocycles. The molecule has 1 aromatic heterocycles. The predicted octanol–water partition coefficient (Wildman–Crippen LogP) is 3.03. The smallest absolute Gasteiger partial charge is 0.143 e. The molecule has 2 aromatic rings. The molecule has 1 heterocycles. The van der Waals surface area contributed by atoms with Crippen LogP contribution in [0.2, 0.25) is 0 Å². The van der Waals surface area contributed by atoms with Crippen molar-refractivity contribution < 1.29 is 4.74 Å². The average molecular weight is 216 g/mol. The van der Waals surface area contributed by atoms with Crippen molar-refractivity contribution in [2.24, 2.45) is 0 Å². The molecule has 0 unspecified atom stereocenters. The van der Waals surface area contributed by atoms with Crippen molar-refractivity contribution in [3.05, 3.63) is 23.9 Å². The Labute approximate surface area is 94.6 Å². The molecule has 0 bridgehead atoms. The van der Waals surface area contributed by atoms with Crippen LogP contribution < -0.4 is 10.5 Å². The molecule has 1 aliphatic rings. The summed E-state index contributed by atoms with van der Waals surface area (Å²) >= 11 is 0. The van der Waals surface area contributed by atoms with Gasteiger partial charge in [-0.15, -0.1) is 0 Å². The highest BCUT2D eigenvalue weighted by Crippen LogP contribution is 2.39. The van der Waals surface area contributed by atoms with Gasteiger partial charge in [0.15, 0.2) is 0 Å². The van der Waals surface area contributed by atoms with Crippen LogP contribution in [-0.4, -0.2) is 12.1 Å². The molecule has 0 saturated heterocycles. The maximum absolute atomic E-state index is 5.98. The first-order valence-electron chi connectivity index (χ1n) is 5.74. The molecule has 16 heavy (non-hydrogen) atoms. The van der Waals surface area contributed by atoms with E-state index in [9.17, 15) is 0 Å². The minimum Gasteiger partial charge on any atom is -0.495 e. The van der Waals surface area contributed by atoms with Crippen LogP contribution in [0.1, 0.15) is 30.9 Å². The summed E-state index contributed by atoms with van der Waals surface area (Å²) in [6, 6.07) is 6.00. The van der Waals surface area contributed by atoms with Crippen LogP contribution in [0.25, 0.3) is 10.9 Å². The van der Waals surface area contributed by atoms with Crippen LogP contribution in [0, 0.1) is 0 Å². The molecular formula is C13H16N2O. The quantitative estimate of drug-likeness (QED) is 0.758. The molecule has 3 heteroatoms. The number of hydrogen-bond acceptors (Lipinski definition) is 2. The molecule has 0 radical (unpaired) electrons. The van der Waals surface area contributed by atoms with E-state index in [4.69, 9.17) is 10.5 Å². The normalized spacial score (nSPS) is 16.3. The zero-order chi connectivity index (χ0) is 11.1. The Morgan fingerprint density at radius 3 is 2.81 bits per heavy atom. The van der Waals surface area contributed by atoms with Gasteiger partial charge in [0.1, 0.15) is 5.75 Å². The maximum Gasteiger partial charge on any atom is 0.143 e. The molecule has 0 amide bonds. The monoisotopic (exact) mass is 216 g/mol. The van der Waals surface area contributed by atoms with Gasteiger partial charge in [0, 0.05) is 16.8 Å². The zero-order valence-electron chi connectivity index (χ0n) is 9.42. The Hall–Kier alpha value is -1.64. The summed E-state index contributed by atoms with van der Waals surface area (Å²) in [5, 5.41) is 1.08. The van der Waals surface area contributed by atoms with Crippen molar-refractivity contribution in [3.63, 3.8) is 0 Å². The molecular weight excluding hydrogens is 200 g/mol. The van der Waals surface area contributed by atoms with Crippen molar-refractivity contribution in [1.29, 1.82) is 0 Å². The summed E-state index contributed by atoms with van der Waals surface area (Å²) in [7, 11) is 1.69. The van der Waals surface area contributed by atoms with E-state index >= 15 is 0 Å². The van der Waals surface area contributed by atoms with Gasteiger partial charge in [-0.3, -0.25) is 0 Å². The number of hydrogen-bond donors (Lipinski definition) is 2. The highest BCUT2D eigenvalue weighted by Gasteiger charge is 2.22. The van der Waals surface area contributed by atoms with Gasteiger partial charge in [0.2, 0.25) is 0 Å². The van der Waals surface area contributed by atoms with Gasteiger partial charge in [-0.1, -0.05) is 6.42 Å². The third kappa shape index (κ3) is 1.28. The summed E-state index contributed by atoms with van der Waals surface area (Å²) in [6.45, 7) is 0. The first kappa shape index (κ1) is 9.58. The lowest BCUT2D eigenvalue weighted by molar-refractivity contribution is 0.410. The van der Waals surface area contributed by atoms with Gasteiger partial charge in [0.05, 0.1) is 12.6 Å². The fourth-order valence-corrected chi connectivity index (χ4v) is 2.35. The SMILES string of the molecule is COc1ccc(N)c2cc(C3CCC3)[nH]c12. The molecule has 1 aliphatic carbocycles. The van der Waals surface area contributed by atoms with E-state index < -0.39 is 0 Å². The Morgan fingerprint density at radius 2 is 2.19 bits per heavy atom. The van der Waals surface area contributed by atoms with Gasteiger partial charge in [-0.25, -0.2) is 0 Å². The van der Waals surface area contributed by atoms with Gasteiger partial charge in [-0.2, -0.15) is 0 Å². The summed E-state index contributed by atoms with van der Waals surface area (Å²) in [5.74, 6) is 1.56. The molecule has 0 atom stereocenters. The Morgan fingerprint density at radius 1 is 1.38 bits per heavy atom. The number of methoxy groups -OCH3 is 1.